The lowest BCUT2D eigenvalue weighted by Gasteiger charge is -2.32. The van der Waals surface area contributed by atoms with Crippen LogP contribution in [-0.2, 0) is 19.6 Å². The van der Waals surface area contributed by atoms with Gasteiger partial charge in [-0.05, 0) is 31.9 Å². The maximum absolute atomic E-state index is 14.2. The number of carboxylic acids is 1. The summed E-state index contributed by atoms with van der Waals surface area (Å²) in [5, 5.41) is 8.95. The van der Waals surface area contributed by atoms with Crippen LogP contribution in [0.4, 0.5) is 4.39 Å². The van der Waals surface area contributed by atoms with E-state index in [1.54, 1.807) is 24.3 Å². The van der Waals surface area contributed by atoms with Gasteiger partial charge in [0.2, 0.25) is 21.6 Å². The number of alkyl halides is 1. The molecule has 1 atom stereocenters. The maximum atomic E-state index is 14.2. The van der Waals surface area contributed by atoms with Crippen LogP contribution in [0, 0.1) is 12.8 Å². The summed E-state index contributed by atoms with van der Waals surface area (Å²) >= 11 is 0. The Morgan fingerprint density at radius 2 is 1.74 bits per heavy atom. The Hall–Kier alpha value is -2.00. The monoisotopic (exact) mass is 398 g/mol. The molecule has 0 radical (unpaired) electrons. The van der Waals surface area contributed by atoms with Crippen molar-refractivity contribution in [2.75, 3.05) is 26.2 Å². The predicted molar refractivity (Wildman–Crippen MR) is 95.3 cm³/mol. The summed E-state index contributed by atoms with van der Waals surface area (Å²) in [5.74, 6) is -2.24. The largest absolute Gasteiger partial charge is 0.479 e. The van der Waals surface area contributed by atoms with E-state index in [4.69, 9.17) is 5.11 Å². The van der Waals surface area contributed by atoms with E-state index in [-0.39, 0.29) is 36.9 Å². The van der Waals surface area contributed by atoms with Crippen molar-refractivity contribution in [1.29, 1.82) is 0 Å². The number of nitrogens with zero attached hydrogens (tertiary/aromatic N) is 2. The molecule has 7 nitrogen and oxygen atoms in total. The second kappa shape index (κ2) is 7.20. The quantitative estimate of drug-likeness (QED) is 0.828. The lowest BCUT2D eigenvalue weighted by Crippen LogP contribution is -2.45. The lowest BCUT2D eigenvalue weighted by atomic mass is 9.96. The highest BCUT2D eigenvalue weighted by Gasteiger charge is 2.48. The van der Waals surface area contributed by atoms with Crippen LogP contribution in [-0.4, -0.2) is 66.5 Å². The zero-order valence-electron chi connectivity index (χ0n) is 15.1. The topological polar surface area (TPSA) is 95.0 Å². The zero-order chi connectivity index (χ0) is 19.8. The number of amides is 1. The number of halogens is 1. The van der Waals surface area contributed by atoms with Crippen molar-refractivity contribution in [3.63, 3.8) is 0 Å². The number of sulfonamides is 1. The van der Waals surface area contributed by atoms with E-state index in [2.05, 4.69) is 0 Å². The average molecular weight is 398 g/mol. The van der Waals surface area contributed by atoms with Crippen LogP contribution in [0.15, 0.2) is 29.2 Å². The van der Waals surface area contributed by atoms with Crippen molar-refractivity contribution in [1.82, 2.24) is 9.21 Å². The van der Waals surface area contributed by atoms with Crippen LogP contribution >= 0.6 is 0 Å². The molecule has 1 unspecified atom stereocenters. The molecule has 2 saturated heterocycles. The minimum absolute atomic E-state index is 0.0729. The number of carboxylic acid groups (broad SMARTS) is 1. The number of rotatable bonds is 4. The van der Waals surface area contributed by atoms with E-state index in [1.165, 1.54) is 9.21 Å². The lowest BCUT2D eigenvalue weighted by molar-refractivity contribution is -0.150. The molecule has 2 heterocycles. The first kappa shape index (κ1) is 19.8. The first-order chi connectivity index (χ1) is 12.6. The molecule has 3 rings (SSSR count). The fourth-order valence-corrected chi connectivity index (χ4v) is 5.07. The molecule has 2 aliphatic heterocycles. The smallest absolute Gasteiger partial charge is 0.343 e. The molecule has 0 aromatic heterocycles. The SMILES string of the molecule is Cc1ccc(S(=O)(=O)N2CCC(C(=O)N3CCC(F)(C(=O)O)C3)CC2)cc1. The van der Waals surface area contributed by atoms with E-state index in [1.807, 2.05) is 6.92 Å². The van der Waals surface area contributed by atoms with E-state index in [0.717, 1.165) is 5.56 Å². The molecule has 0 saturated carbocycles. The summed E-state index contributed by atoms with van der Waals surface area (Å²) < 4.78 is 40.9. The first-order valence-electron chi connectivity index (χ1n) is 8.91. The van der Waals surface area contributed by atoms with Gasteiger partial charge in [0.05, 0.1) is 11.4 Å². The van der Waals surface area contributed by atoms with Gasteiger partial charge in [0, 0.05) is 32.0 Å². The summed E-state index contributed by atoms with van der Waals surface area (Å²) in [7, 11) is -3.61. The third-order valence-corrected chi connectivity index (χ3v) is 7.29. The van der Waals surface area contributed by atoms with Gasteiger partial charge in [-0.3, -0.25) is 4.79 Å². The summed E-state index contributed by atoms with van der Waals surface area (Å²) in [4.78, 5) is 25.0. The van der Waals surface area contributed by atoms with Gasteiger partial charge in [-0.25, -0.2) is 17.6 Å². The Labute approximate surface area is 157 Å². The Kier molecular flexibility index (Phi) is 5.27. The third kappa shape index (κ3) is 3.84. The van der Waals surface area contributed by atoms with Gasteiger partial charge >= 0.3 is 5.97 Å². The highest BCUT2D eigenvalue weighted by molar-refractivity contribution is 7.89. The standard InChI is InChI=1S/C18H23FN2O5S/c1-13-2-4-15(5-3-13)27(25,26)21-9-6-14(7-10-21)16(22)20-11-8-18(19,12-20)17(23)24/h2-5,14H,6-12H2,1H3,(H,23,24). The fourth-order valence-electron chi connectivity index (χ4n) is 3.60. The predicted octanol–water partition coefficient (Wildman–Crippen LogP) is 1.42. The highest BCUT2D eigenvalue weighted by atomic mass is 32.2. The second-order valence-corrected chi connectivity index (χ2v) is 9.21. The molecule has 1 aromatic carbocycles. The number of piperidine rings is 1. The number of aryl methyl sites for hydroxylation is 1. The fraction of sp³-hybridized carbons (Fsp3) is 0.556. The molecule has 27 heavy (non-hydrogen) atoms. The van der Waals surface area contributed by atoms with Crippen molar-refractivity contribution >= 4 is 21.9 Å². The molecule has 0 aliphatic carbocycles. The van der Waals surface area contributed by atoms with Gasteiger partial charge in [-0.15, -0.1) is 0 Å². The first-order valence-corrected chi connectivity index (χ1v) is 10.4. The van der Waals surface area contributed by atoms with E-state index < -0.39 is 34.1 Å². The molecule has 2 fully saturated rings. The summed E-state index contributed by atoms with van der Waals surface area (Å²) in [5.41, 5.74) is -1.42. The zero-order valence-corrected chi connectivity index (χ0v) is 15.9. The third-order valence-electron chi connectivity index (χ3n) is 5.38. The molecular weight excluding hydrogens is 375 g/mol. The summed E-state index contributed by atoms with van der Waals surface area (Å²) in [6, 6.07) is 6.61. The van der Waals surface area contributed by atoms with Gasteiger partial charge in [0.25, 0.3) is 0 Å². The number of aliphatic carboxylic acids is 1. The van der Waals surface area contributed by atoms with Crippen LogP contribution in [0.1, 0.15) is 24.8 Å². The van der Waals surface area contributed by atoms with Gasteiger partial charge in [-0.1, -0.05) is 17.7 Å². The normalized spacial score (nSPS) is 24.9. The van der Waals surface area contributed by atoms with Crippen molar-refractivity contribution in [2.45, 2.75) is 36.8 Å². The minimum Gasteiger partial charge on any atom is -0.479 e. The minimum atomic E-state index is -3.61. The van der Waals surface area contributed by atoms with E-state index >= 15 is 0 Å². The van der Waals surface area contributed by atoms with Crippen LogP contribution in [0.3, 0.4) is 0 Å². The van der Waals surface area contributed by atoms with Crippen LogP contribution in [0.25, 0.3) is 0 Å². The Morgan fingerprint density at radius 1 is 1.15 bits per heavy atom. The molecule has 0 bridgehead atoms. The number of hydrogen-bond donors (Lipinski definition) is 1. The molecule has 1 amide bonds. The number of likely N-dealkylation sites (tertiary alicyclic amines) is 1. The molecule has 148 valence electrons. The van der Waals surface area contributed by atoms with Gasteiger partial charge in [-0.2, -0.15) is 4.31 Å². The van der Waals surface area contributed by atoms with Gasteiger partial charge in [0.15, 0.2) is 0 Å². The maximum Gasteiger partial charge on any atom is 0.343 e. The number of benzene rings is 1. The van der Waals surface area contributed by atoms with E-state index in [9.17, 15) is 22.4 Å². The van der Waals surface area contributed by atoms with Crippen molar-refractivity contribution in [2.24, 2.45) is 5.92 Å². The second-order valence-electron chi connectivity index (χ2n) is 7.27. The van der Waals surface area contributed by atoms with Crippen molar-refractivity contribution in [3.05, 3.63) is 29.8 Å². The van der Waals surface area contributed by atoms with E-state index in [0.29, 0.717) is 12.8 Å². The molecule has 0 spiro atoms. The Morgan fingerprint density at radius 3 is 2.26 bits per heavy atom. The Bertz CT molecular complexity index is 834. The number of carbonyl (C=O) groups is 2. The summed E-state index contributed by atoms with van der Waals surface area (Å²) in [6.45, 7) is 1.93. The van der Waals surface area contributed by atoms with Crippen LogP contribution in [0.5, 0.6) is 0 Å². The number of hydrogen-bond acceptors (Lipinski definition) is 4. The van der Waals surface area contributed by atoms with Crippen LogP contribution < -0.4 is 0 Å². The molecule has 1 aromatic rings. The molecular formula is C18H23FN2O5S. The molecule has 2 aliphatic rings. The molecule has 9 heteroatoms. The average Bonchev–Trinajstić information content (AvgIpc) is 3.05. The van der Waals surface area contributed by atoms with Gasteiger partial charge in [0.1, 0.15) is 0 Å². The van der Waals surface area contributed by atoms with Crippen LogP contribution in [0.2, 0.25) is 0 Å². The number of carbonyl (C=O) groups excluding carboxylic acids is 1. The van der Waals surface area contributed by atoms with Crippen molar-refractivity contribution in [3.8, 4) is 0 Å². The highest BCUT2D eigenvalue weighted by Crippen LogP contribution is 2.30. The summed E-state index contributed by atoms with van der Waals surface area (Å²) in [6.07, 6.45) is 0.467. The molecule has 1 N–H and O–H groups in total. The Balaban J connectivity index is 1.61. The van der Waals surface area contributed by atoms with Crippen molar-refractivity contribution < 1.29 is 27.5 Å². The van der Waals surface area contributed by atoms with Gasteiger partial charge < -0.3 is 10.0 Å².